The Kier molecular flexibility index (Phi) is 5.67. The molecule has 1 fully saturated rings. The molecule has 1 N–H and O–H groups in total. The summed E-state index contributed by atoms with van der Waals surface area (Å²) in [6.45, 7) is 6.26. The van der Waals surface area contributed by atoms with Gasteiger partial charge < -0.3 is 10.0 Å². The normalized spacial score (nSPS) is 20.5. The Hall–Kier alpha value is -2.18. The van der Waals surface area contributed by atoms with Crippen LogP contribution in [0, 0.1) is 13.8 Å². The Morgan fingerprint density at radius 3 is 2.78 bits per heavy atom. The molecule has 1 aromatic carbocycles. The van der Waals surface area contributed by atoms with Gasteiger partial charge in [-0.05, 0) is 39.3 Å². The summed E-state index contributed by atoms with van der Waals surface area (Å²) < 4.78 is 1.79. The average Bonchev–Trinajstić information content (AvgIpc) is 2.89. The standard InChI is InChI=1S/C21H30N4O2/c1-16-7-5-8-18(11-16)12-25-10-6-9-21(27,20(25)26)15-23(3)13-19-14-24(4)22-17(19)2/h5,7-8,11,14,27H,6,9-10,12-13,15H2,1-4H3/t21-/m0/s1. The van der Waals surface area contributed by atoms with E-state index in [4.69, 9.17) is 0 Å². The fraction of sp³-hybridized carbons (Fsp3) is 0.524. The van der Waals surface area contributed by atoms with Gasteiger partial charge in [0.25, 0.3) is 5.91 Å². The number of amides is 1. The predicted molar refractivity (Wildman–Crippen MR) is 105 cm³/mol. The highest BCUT2D eigenvalue weighted by atomic mass is 16.3. The van der Waals surface area contributed by atoms with Crippen molar-refractivity contribution in [3.05, 3.63) is 52.8 Å². The summed E-state index contributed by atoms with van der Waals surface area (Å²) in [5.41, 5.74) is 3.05. The minimum Gasteiger partial charge on any atom is -0.379 e. The third-order valence-electron chi connectivity index (χ3n) is 5.25. The van der Waals surface area contributed by atoms with Crippen LogP contribution in [-0.4, -0.2) is 56.3 Å². The number of rotatable bonds is 6. The first-order valence-corrected chi connectivity index (χ1v) is 9.52. The fourth-order valence-electron chi connectivity index (χ4n) is 3.99. The molecule has 1 saturated heterocycles. The number of benzene rings is 1. The van der Waals surface area contributed by atoms with Gasteiger partial charge in [-0.3, -0.25) is 14.4 Å². The topological polar surface area (TPSA) is 61.6 Å². The van der Waals surface area contributed by atoms with Crippen molar-refractivity contribution in [1.82, 2.24) is 19.6 Å². The summed E-state index contributed by atoms with van der Waals surface area (Å²) >= 11 is 0. The van der Waals surface area contributed by atoms with Crippen LogP contribution >= 0.6 is 0 Å². The van der Waals surface area contributed by atoms with Crippen LogP contribution in [0.5, 0.6) is 0 Å². The number of carbonyl (C=O) groups is 1. The zero-order chi connectivity index (χ0) is 19.6. The molecule has 1 aromatic heterocycles. The van der Waals surface area contributed by atoms with E-state index in [9.17, 15) is 9.90 Å². The molecule has 1 amide bonds. The Bertz CT molecular complexity index is 816. The fourth-order valence-corrected chi connectivity index (χ4v) is 3.99. The number of aliphatic hydroxyl groups is 1. The first-order valence-electron chi connectivity index (χ1n) is 9.52. The highest BCUT2D eigenvalue weighted by Crippen LogP contribution is 2.26. The summed E-state index contributed by atoms with van der Waals surface area (Å²) in [5, 5.41) is 15.5. The summed E-state index contributed by atoms with van der Waals surface area (Å²) in [6.07, 6.45) is 3.31. The molecule has 0 bridgehead atoms. The van der Waals surface area contributed by atoms with E-state index in [0.29, 0.717) is 32.6 Å². The quantitative estimate of drug-likeness (QED) is 0.845. The summed E-state index contributed by atoms with van der Waals surface area (Å²) in [5.74, 6) is -0.162. The van der Waals surface area contributed by atoms with E-state index in [2.05, 4.69) is 11.2 Å². The molecule has 3 rings (SSSR count). The SMILES string of the molecule is Cc1cccc(CN2CCC[C@](O)(CN(C)Cc3cn(C)nc3C)C2=O)c1. The van der Waals surface area contributed by atoms with Gasteiger partial charge in [0.2, 0.25) is 0 Å². The monoisotopic (exact) mass is 370 g/mol. The van der Waals surface area contributed by atoms with Crippen LogP contribution in [0.1, 0.15) is 35.2 Å². The van der Waals surface area contributed by atoms with Gasteiger partial charge in [0.1, 0.15) is 0 Å². The molecule has 1 aliphatic rings. The van der Waals surface area contributed by atoms with Gasteiger partial charge in [-0.2, -0.15) is 5.10 Å². The van der Waals surface area contributed by atoms with Crippen molar-refractivity contribution in [3.63, 3.8) is 0 Å². The van der Waals surface area contributed by atoms with Crippen LogP contribution in [0.4, 0.5) is 0 Å². The summed E-state index contributed by atoms with van der Waals surface area (Å²) in [4.78, 5) is 16.8. The maximum absolute atomic E-state index is 13.0. The van der Waals surface area contributed by atoms with Crippen molar-refractivity contribution in [2.45, 2.75) is 45.4 Å². The lowest BCUT2D eigenvalue weighted by atomic mass is 9.90. The smallest absolute Gasteiger partial charge is 0.256 e. The molecule has 0 spiro atoms. The van der Waals surface area contributed by atoms with E-state index >= 15 is 0 Å². The molecule has 2 aromatic rings. The van der Waals surface area contributed by atoms with Gasteiger partial charge in [-0.15, -0.1) is 0 Å². The van der Waals surface area contributed by atoms with Crippen LogP contribution in [0.2, 0.25) is 0 Å². The zero-order valence-corrected chi connectivity index (χ0v) is 16.8. The summed E-state index contributed by atoms with van der Waals surface area (Å²) in [6, 6.07) is 8.19. The van der Waals surface area contributed by atoms with Gasteiger partial charge in [0.05, 0.1) is 5.69 Å². The second-order valence-corrected chi connectivity index (χ2v) is 7.94. The van der Waals surface area contributed by atoms with E-state index in [-0.39, 0.29) is 5.91 Å². The third-order valence-corrected chi connectivity index (χ3v) is 5.25. The minimum absolute atomic E-state index is 0.162. The minimum atomic E-state index is -1.33. The Balaban J connectivity index is 1.66. The molecule has 2 heterocycles. The van der Waals surface area contributed by atoms with Crippen molar-refractivity contribution >= 4 is 5.91 Å². The number of carbonyl (C=O) groups excluding carboxylic acids is 1. The van der Waals surface area contributed by atoms with Crippen molar-refractivity contribution < 1.29 is 9.90 Å². The number of likely N-dealkylation sites (N-methyl/N-ethyl adjacent to an activating group) is 1. The van der Waals surface area contributed by atoms with Crippen molar-refractivity contribution in [2.24, 2.45) is 7.05 Å². The van der Waals surface area contributed by atoms with Gasteiger partial charge in [-0.25, -0.2) is 0 Å². The highest BCUT2D eigenvalue weighted by Gasteiger charge is 2.42. The predicted octanol–water partition coefficient (Wildman–Crippen LogP) is 2.02. The molecule has 6 nitrogen and oxygen atoms in total. The maximum atomic E-state index is 13.0. The molecule has 1 aliphatic heterocycles. The van der Waals surface area contributed by atoms with Gasteiger partial charge in [0.15, 0.2) is 5.60 Å². The van der Waals surface area contributed by atoms with Crippen LogP contribution in [0.15, 0.2) is 30.5 Å². The highest BCUT2D eigenvalue weighted by molar-refractivity contribution is 5.86. The lowest BCUT2D eigenvalue weighted by molar-refractivity contribution is -0.160. The first kappa shape index (κ1) is 19.6. The number of hydrogen-bond donors (Lipinski definition) is 1. The largest absolute Gasteiger partial charge is 0.379 e. The molecular formula is C21H30N4O2. The first-order chi connectivity index (χ1) is 12.8. The number of hydrogen-bond acceptors (Lipinski definition) is 4. The maximum Gasteiger partial charge on any atom is 0.256 e. The van der Waals surface area contributed by atoms with E-state index in [1.807, 2.05) is 57.2 Å². The molecule has 0 aliphatic carbocycles. The number of nitrogens with zero attached hydrogens (tertiary/aromatic N) is 4. The zero-order valence-electron chi connectivity index (χ0n) is 16.8. The Morgan fingerprint density at radius 1 is 1.33 bits per heavy atom. The van der Waals surface area contributed by atoms with Gasteiger partial charge in [0, 0.05) is 45.0 Å². The number of aromatic nitrogens is 2. The number of aryl methyl sites for hydroxylation is 3. The van der Waals surface area contributed by atoms with E-state index < -0.39 is 5.60 Å². The number of piperidine rings is 1. The van der Waals surface area contributed by atoms with Crippen LogP contribution in [0.3, 0.4) is 0 Å². The second kappa shape index (κ2) is 7.82. The molecule has 0 unspecified atom stereocenters. The molecule has 0 saturated carbocycles. The lowest BCUT2D eigenvalue weighted by Gasteiger charge is -2.40. The molecule has 1 atom stereocenters. The van der Waals surface area contributed by atoms with E-state index in [1.54, 1.807) is 9.58 Å². The van der Waals surface area contributed by atoms with Crippen LogP contribution < -0.4 is 0 Å². The lowest BCUT2D eigenvalue weighted by Crippen LogP contribution is -2.57. The van der Waals surface area contributed by atoms with Crippen molar-refractivity contribution in [2.75, 3.05) is 20.1 Å². The summed E-state index contributed by atoms with van der Waals surface area (Å²) in [7, 11) is 3.84. The molecule has 6 heteroatoms. The average molecular weight is 370 g/mol. The van der Waals surface area contributed by atoms with E-state index in [0.717, 1.165) is 23.2 Å². The molecule has 146 valence electrons. The van der Waals surface area contributed by atoms with Crippen LogP contribution in [-0.2, 0) is 24.9 Å². The van der Waals surface area contributed by atoms with Crippen molar-refractivity contribution in [3.8, 4) is 0 Å². The molecule has 0 radical (unpaired) electrons. The third kappa shape index (κ3) is 4.57. The Labute approximate surface area is 161 Å². The molecular weight excluding hydrogens is 340 g/mol. The van der Waals surface area contributed by atoms with Gasteiger partial charge >= 0.3 is 0 Å². The molecule has 27 heavy (non-hydrogen) atoms. The second-order valence-electron chi connectivity index (χ2n) is 7.94. The van der Waals surface area contributed by atoms with E-state index in [1.165, 1.54) is 5.56 Å². The van der Waals surface area contributed by atoms with Gasteiger partial charge in [-0.1, -0.05) is 29.8 Å². The van der Waals surface area contributed by atoms with Crippen molar-refractivity contribution in [1.29, 1.82) is 0 Å². The Morgan fingerprint density at radius 2 is 2.11 bits per heavy atom. The number of likely N-dealkylation sites (tertiary alicyclic amines) is 1. The van der Waals surface area contributed by atoms with Crippen LogP contribution in [0.25, 0.3) is 0 Å².